The van der Waals surface area contributed by atoms with Gasteiger partial charge < -0.3 is 5.11 Å². The maximum atomic E-state index is 12.0. The lowest BCUT2D eigenvalue weighted by molar-refractivity contribution is -0.537. The highest BCUT2D eigenvalue weighted by atomic mass is 35.5. The largest absolute Gasteiger partial charge is 0.480 e. The van der Waals surface area contributed by atoms with Crippen molar-refractivity contribution < 1.29 is 14.8 Å². The minimum Gasteiger partial charge on any atom is -0.480 e. The van der Waals surface area contributed by atoms with Crippen LogP contribution in [-0.2, 0) is 4.79 Å². The Morgan fingerprint density at radius 3 is 2.44 bits per heavy atom. The van der Waals surface area contributed by atoms with Gasteiger partial charge in [0.05, 0.1) is 5.92 Å². The zero-order valence-electron chi connectivity index (χ0n) is 15.2. The first-order valence-corrected chi connectivity index (χ1v) is 8.77. The highest BCUT2D eigenvalue weighted by Gasteiger charge is 2.61. The number of nitro groups is 1. The summed E-state index contributed by atoms with van der Waals surface area (Å²) in [4.78, 5) is 25.5. The first-order chi connectivity index (χ1) is 11.5. The zero-order chi connectivity index (χ0) is 19.1. The molecular formula is C18H25ClN2O4. The normalized spacial score (nSPS) is 27.4. The SMILES string of the molecule is CCN1[C@H](C(=O)O)[C@@H](C(C)(C)C)[C@H]([N+](=O)[O-])[C@@H]1c1cccc(Cl)c1C. The lowest BCUT2D eigenvalue weighted by Gasteiger charge is -2.31. The molecule has 1 aliphatic heterocycles. The smallest absolute Gasteiger partial charge is 0.321 e. The molecule has 0 aliphatic carbocycles. The van der Waals surface area contributed by atoms with Crippen molar-refractivity contribution >= 4 is 17.6 Å². The van der Waals surface area contributed by atoms with Crippen LogP contribution in [0.4, 0.5) is 0 Å². The third kappa shape index (κ3) is 3.37. The van der Waals surface area contributed by atoms with E-state index in [1.54, 1.807) is 17.0 Å². The van der Waals surface area contributed by atoms with E-state index in [9.17, 15) is 20.0 Å². The van der Waals surface area contributed by atoms with Gasteiger partial charge in [0.15, 0.2) is 0 Å². The van der Waals surface area contributed by atoms with Crippen LogP contribution in [0.15, 0.2) is 18.2 Å². The van der Waals surface area contributed by atoms with Crippen molar-refractivity contribution in [2.75, 3.05) is 6.54 Å². The fraction of sp³-hybridized carbons (Fsp3) is 0.611. The van der Waals surface area contributed by atoms with Crippen molar-refractivity contribution in [1.29, 1.82) is 0 Å². The second kappa shape index (κ2) is 6.92. The topological polar surface area (TPSA) is 83.7 Å². The Kier molecular flexibility index (Phi) is 5.44. The summed E-state index contributed by atoms with van der Waals surface area (Å²) in [5.41, 5.74) is 0.960. The van der Waals surface area contributed by atoms with Crippen LogP contribution in [0.1, 0.15) is 44.9 Å². The molecule has 0 bridgehead atoms. The molecule has 1 saturated heterocycles. The number of carboxylic acids is 1. The van der Waals surface area contributed by atoms with Crippen LogP contribution >= 0.6 is 11.6 Å². The molecule has 0 amide bonds. The van der Waals surface area contributed by atoms with E-state index < -0.39 is 35.4 Å². The molecule has 0 saturated carbocycles. The maximum Gasteiger partial charge on any atom is 0.321 e. The lowest BCUT2D eigenvalue weighted by Crippen LogP contribution is -2.45. The van der Waals surface area contributed by atoms with Crippen LogP contribution in [-0.4, -0.2) is 39.5 Å². The van der Waals surface area contributed by atoms with Gasteiger partial charge in [-0.2, -0.15) is 0 Å². The van der Waals surface area contributed by atoms with Crippen LogP contribution in [0.5, 0.6) is 0 Å². The van der Waals surface area contributed by atoms with E-state index in [-0.39, 0.29) is 4.92 Å². The van der Waals surface area contributed by atoms with Gasteiger partial charge in [0.25, 0.3) is 0 Å². The van der Waals surface area contributed by atoms with E-state index in [2.05, 4.69) is 0 Å². The number of hydrogen-bond donors (Lipinski definition) is 1. The van der Waals surface area contributed by atoms with Gasteiger partial charge in [0.1, 0.15) is 12.1 Å². The predicted octanol–water partition coefficient (Wildman–Crippen LogP) is 3.79. The molecule has 138 valence electrons. The number of likely N-dealkylation sites (tertiary alicyclic amines) is 1. The number of likely N-dealkylation sites (N-methyl/N-ethyl adjacent to an activating group) is 1. The molecule has 1 aromatic rings. The van der Waals surface area contributed by atoms with Crippen molar-refractivity contribution in [2.24, 2.45) is 11.3 Å². The average molecular weight is 369 g/mol. The van der Waals surface area contributed by atoms with Crippen LogP contribution in [0.2, 0.25) is 5.02 Å². The van der Waals surface area contributed by atoms with Crippen LogP contribution in [0.3, 0.4) is 0 Å². The Morgan fingerprint density at radius 1 is 1.40 bits per heavy atom. The number of benzene rings is 1. The van der Waals surface area contributed by atoms with Crippen LogP contribution < -0.4 is 0 Å². The predicted molar refractivity (Wildman–Crippen MR) is 96.5 cm³/mol. The summed E-state index contributed by atoms with van der Waals surface area (Å²) >= 11 is 6.23. The number of rotatable bonds is 4. The summed E-state index contributed by atoms with van der Waals surface area (Å²) in [6.07, 6.45) is 0. The molecule has 0 radical (unpaired) electrons. The molecule has 0 spiro atoms. The summed E-state index contributed by atoms with van der Waals surface area (Å²) in [6.45, 7) is 9.67. The highest BCUT2D eigenvalue weighted by molar-refractivity contribution is 6.31. The van der Waals surface area contributed by atoms with E-state index in [1.165, 1.54) is 0 Å². The molecule has 1 N–H and O–H groups in total. The van der Waals surface area contributed by atoms with Gasteiger partial charge in [0, 0.05) is 9.95 Å². The molecule has 6 nitrogen and oxygen atoms in total. The molecule has 0 aromatic heterocycles. The summed E-state index contributed by atoms with van der Waals surface area (Å²) < 4.78 is 0. The van der Waals surface area contributed by atoms with Crippen molar-refractivity contribution in [2.45, 2.75) is 52.7 Å². The second-order valence-electron chi connectivity index (χ2n) is 7.68. The molecule has 1 aromatic carbocycles. The van der Waals surface area contributed by atoms with Gasteiger partial charge in [-0.3, -0.25) is 19.8 Å². The van der Waals surface area contributed by atoms with Crippen molar-refractivity contribution in [3.8, 4) is 0 Å². The van der Waals surface area contributed by atoms with Gasteiger partial charge in [-0.05, 0) is 36.1 Å². The van der Waals surface area contributed by atoms with Crippen LogP contribution in [0.25, 0.3) is 0 Å². The molecule has 1 aliphatic rings. The monoisotopic (exact) mass is 368 g/mol. The zero-order valence-corrected chi connectivity index (χ0v) is 15.9. The third-order valence-electron chi connectivity index (χ3n) is 5.24. The average Bonchev–Trinajstić information content (AvgIpc) is 2.85. The molecule has 4 atom stereocenters. The molecule has 25 heavy (non-hydrogen) atoms. The number of nitrogens with zero attached hydrogens (tertiary/aromatic N) is 2. The van der Waals surface area contributed by atoms with Crippen molar-refractivity contribution in [3.63, 3.8) is 0 Å². The Balaban J connectivity index is 2.73. The van der Waals surface area contributed by atoms with Gasteiger partial charge in [-0.15, -0.1) is 0 Å². The van der Waals surface area contributed by atoms with E-state index in [4.69, 9.17) is 11.6 Å². The summed E-state index contributed by atoms with van der Waals surface area (Å²) in [5, 5.41) is 22.4. The number of halogens is 1. The minimum absolute atomic E-state index is 0.313. The van der Waals surface area contributed by atoms with Gasteiger partial charge in [-0.25, -0.2) is 0 Å². The highest BCUT2D eigenvalue weighted by Crippen LogP contribution is 2.49. The standard InChI is InChI=1S/C18H25ClN2O4/c1-6-20-14(11-8-7-9-12(19)10(11)2)15(21(24)25)13(18(3,4)5)16(20)17(22)23/h7-9,13-16H,6H2,1-5H3,(H,22,23)/t13-,14-,15-,16-/m0/s1. The summed E-state index contributed by atoms with van der Waals surface area (Å²) in [7, 11) is 0. The van der Waals surface area contributed by atoms with E-state index in [1.807, 2.05) is 40.7 Å². The van der Waals surface area contributed by atoms with Gasteiger partial charge in [0.2, 0.25) is 6.04 Å². The first kappa shape index (κ1) is 19.7. The Labute approximate surface area is 152 Å². The second-order valence-corrected chi connectivity index (χ2v) is 8.09. The minimum atomic E-state index is -1.02. The molecule has 7 heteroatoms. The Morgan fingerprint density at radius 2 is 2.00 bits per heavy atom. The molecule has 0 unspecified atom stereocenters. The quantitative estimate of drug-likeness (QED) is 0.645. The molecule has 1 fully saturated rings. The van der Waals surface area contributed by atoms with Gasteiger partial charge in [-0.1, -0.05) is 51.4 Å². The van der Waals surface area contributed by atoms with Crippen molar-refractivity contribution in [3.05, 3.63) is 44.5 Å². The van der Waals surface area contributed by atoms with E-state index in [0.29, 0.717) is 11.6 Å². The summed E-state index contributed by atoms with van der Waals surface area (Å²) in [6, 6.07) is 2.76. The van der Waals surface area contributed by atoms with E-state index in [0.717, 1.165) is 11.1 Å². The van der Waals surface area contributed by atoms with Gasteiger partial charge >= 0.3 is 5.97 Å². The number of hydrogen-bond acceptors (Lipinski definition) is 4. The number of carbonyl (C=O) groups is 1. The Hall–Kier alpha value is -1.66. The molecule has 1 heterocycles. The fourth-order valence-electron chi connectivity index (χ4n) is 4.19. The fourth-order valence-corrected chi connectivity index (χ4v) is 4.37. The molecular weight excluding hydrogens is 344 g/mol. The summed E-state index contributed by atoms with van der Waals surface area (Å²) in [5.74, 6) is -1.64. The van der Waals surface area contributed by atoms with E-state index >= 15 is 0 Å². The molecule has 2 rings (SSSR count). The van der Waals surface area contributed by atoms with Crippen LogP contribution in [0, 0.1) is 28.4 Å². The number of aliphatic carboxylic acids is 1. The maximum absolute atomic E-state index is 12.0. The third-order valence-corrected chi connectivity index (χ3v) is 5.65. The van der Waals surface area contributed by atoms with Crippen molar-refractivity contribution in [1.82, 2.24) is 4.90 Å². The first-order valence-electron chi connectivity index (χ1n) is 8.39. The lowest BCUT2D eigenvalue weighted by atomic mass is 9.72. The Bertz CT molecular complexity index is 686. The number of carboxylic acid groups (broad SMARTS) is 1.